The normalized spacial score (nSPS) is 11.7. The van der Waals surface area contributed by atoms with Crippen molar-refractivity contribution in [1.29, 1.82) is 0 Å². The molecule has 0 saturated carbocycles. The molecule has 2 aromatic rings. The Kier molecular flexibility index (Phi) is 4.02. The van der Waals surface area contributed by atoms with Crippen LogP contribution in [0.25, 0.3) is 0 Å². The lowest BCUT2D eigenvalue weighted by Gasteiger charge is -2.07. The number of rotatable bonds is 3. The summed E-state index contributed by atoms with van der Waals surface area (Å²) in [5.41, 5.74) is 6.12. The van der Waals surface area contributed by atoms with Gasteiger partial charge in [0.05, 0.1) is 0 Å². The third-order valence-corrected chi connectivity index (χ3v) is 3.29. The first-order valence-corrected chi connectivity index (χ1v) is 6.95. The van der Waals surface area contributed by atoms with Gasteiger partial charge in [-0.3, -0.25) is 14.9 Å². The van der Waals surface area contributed by atoms with E-state index in [1.807, 2.05) is 0 Å². The quantitative estimate of drug-likeness (QED) is 0.788. The Bertz CT molecular complexity index is 817. The molecule has 0 aromatic heterocycles. The molecule has 8 nitrogen and oxygen atoms in total. The van der Waals surface area contributed by atoms with Crippen molar-refractivity contribution in [1.82, 2.24) is 5.32 Å². The fraction of sp³-hybridized carbons (Fsp3) is 0.0625. The van der Waals surface area contributed by atoms with Gasteiger partial charge in [-0.1, -0.05) is 0 Å². The van der Waals surface area contributed by atoms with Crippen LogP contribution in [0.4, 0.5) is 10.5 Å². The average molecular weight is 327 g/mol. The average Bonchev–Trinajstić information content (AvgIpc) is 3.02. The molecule has 8 heteroatoms. The lowest BCUT2D eigenvalue weighted by Crippen LogP contribution is -2.34. The summed E-state index contributed by atoms with van der Waals surface area (Å²) in [6.45, 7) is 0.0994. The number of ether oxygens (including phenoxy) is 2. The molecule has 0 saturated heterocycles. The van der Waals surface area contributed by atoms with Crippen LogP contribution in [0.15, 0.2) is 42.5 Å². The van der Waals surface area contributed by atoms with Crippen LogP contribution in [-0.4, -0.2) is 24.6 Å². The highest BCUT2D eigenvalue weighted by Gasteiger charge is 2.17. The Morgan fingerprint density at radius 1 is 0.917 bits per heavy atom. The maximum atomic E-state index is 12.1. The molecule has 1 aliphatic heterocycles. The summed E-state index contributed by atoms with van der Waals surface area (Å²) in [6, 6.07) is 9.86. The van der Waals surface area contributed by atoms with Crippen molar-refractivity contribution in [2.45, 2.75) is 0 Å². The summed E-state index contributed by atoms with van der Waals surface area (Å²) >= 11 is 0. The molecule has 122 valence electrons. The van der Waals surface area contributed by atoms with E-state index in [1.54, 1.807) is 6.07 Å². The number of urea groups is 1. The summed E-state index contributed by atoms with van der Waals surface area (Å²) in [5, 5.41) is 4.68. The van der Waals surface area contributed by atoms with Crippen molar-refractivity contribution in [3.8, 4) is 11.5 Å². The van der Waals surface area contributed by atoms with E-state index in [0.29, 0.717) is 22.7 Å². The smallest absolute Gasteiger partial charge is 0.326 e. The van der Waals surface area contributed by atoms with Gasteiger partial charge in [0.15, 0.2) is 11.5 Å². The lowest BCUT2D eigenvalue weighted by atomic mass is 10.2. The van der Waals surface area contributed by atoms with Crippen LogP contribution < -0.4 is 25.8 Å². The molecule has 2 aromatic carbocycles. The minimum atomic E-state index is -0.704. The summed E-state index contributed by atoms with van der Waals surface area (Å²) in [4.78, 5) is 34.9. The minimum Gasteiger partial charge on any atom is -0.454 e. The molecule has 0 unspecified atom stereocenters. The Balaban J connectivity index is 1.62. The molecule has 4 amide bonds. The van der Waals surface area contributed by atoms with Gasteiger partial charge in [0.25, 0.3) is 5.91 Å². The largest absolute Gasteiger partial charge is 0.454 e. The summed E-state index contributed by atoms with van der Waals surface area (Å²) in [6.07, 6.45) is 0. The summed E-state index contributed by atoms with van der Waals surface area (Å²) < 4.78 is 10.3. The van der Waals surface area contributed by atoms with E-state index in [4.69, 9.17) is 15.2 Å². The molecular weight excluding hydrogens is 314 g/mol. The summed E-state index contributed by atoms with van der Waals surface area (Å²) in [7, 11) is 0. The van der Waals surface area contributed by atoms with Crippen molar-refractivity contribution < 1.29 is 23.9 Å². The highest BCUT2D eigenvalue weighted by molar-refractivity contribution is 6.08. The molecule has 3 rings (SSSR count). The van der Waals surface area contributed by atoms with Crippen molar-refractivity contribution in [2.75, 3.05) is 12.1 Å². The zero-order chi connectivity index (χ0) is 17.1. The van der Waals surface area contributed by atoms with Crippen LogP contribution in [0.2, 0.25) is 0 Å². The Morgan fingerprint density at radius 3 is 2.29 bits per heavy atom. The van der Waals surface area contributed by atoms with Gasteiger partial charge >= 0.3 is 6.03 Å². The second-order valence-electron chi connectivity index (χ2n) is 4.92. The SMILES string of the molecule is NC(=O)c1ccc(NC(=O)NC(=O)c2ccc3c(c2)OCO3)cc1. The number of nitrogens with two attached hydrogens (primary N) is 1. The van der Waals surface area contributed by atoms with E-state index in [1.165, 1.54) is 36.4 Å². The van der Waals surface area contributed by atoms with E-state index in [0.717, 1.165) is 0 Å². The number of anilines is 1. The topological polar surface area (TPSA) is 120 Å². The standard InChI is InChI=1S/C16H13N3O5/c17-14(20)9-1-4-11(5-2-9)18-16(22)19-15(21)10-3-6-12-13(7-10)24-8-23-12/h1-7H,8H2,(H2,17,20)(H2,18,19,21,22). The molecule has 0 aliphatic carbocycles. The fourth-order valence-corrected chi connectivity index (χ4v) is 2.09. The van der Waals surface area contributed by atoms with Crippen molar-refractivity contribution >= 4 is 23.5 Å². The van der Waals surface area contributed by atoms with Crippen LogP contribution in [0, 0.1) is 0 Å². The zero-order valence-corrected chi connectivity index (χ0v) is 12.4. The van der Waals surface area contributed by atoms with E-state index in [-0.39, 0.29) is 12.4 Å². The molecule has 0 atom stereocenters. The number of carbonyl (C=O) groups is 3. The number of amides is 4. The van der Waals surface area contributed by atoms with Crippen molar-refractivity contribution in [2.24, 2.45) is 5.73 Å². The second kappa shape index (κ2) is 6.29. The van der Waals surface area contributed by atoms with Crippen LogP contribution in [0.5, 0.6) is 11.5 Å². The van der Waals surface area contributed by atoms with Gasteiger partial charge in [0, 0.05) is 16.8 Å². The van der Waals surface area contributed by atoms with Crippen molar-refractivity contribution in [3.05, 3.63) is 53.6 Å². The first kappa shape index (κ1) is 15.3. The second-order valence-corrected chi connectivity index (χ2v) is 4.92. The van der Waals surface area contributed by atoms with Gasteiger partial charge in [-0.2, -0.15) is 0 Å². The molecule has 1 heterocycles. The Morgan fingerprint density at radius 2 is 1.58 bits per heavy atom. The predicted molar refractivity (Wildman–Crippen MR) is 84.0 cm³/mol. The number of nitrogens with one attached hydrogen (secondary N) is 2. The van der Waals surface area contributed by atoms with E-state index in [9.17, 15) is 14.4 Å². The molecule has 0 radical (unpaired) electrons. The highest BCUT2D eigenvalue weighted by Crippen LogP contribution is 2.32. The predicted octanol–water partition coefficient (Wildman–Crippen LogP) is 1.48. The molecule has 0 spiro atoms. The number of primary amides is 1. The van der Waals surface area contributed by atoms with Gasteiger partial charge in [-0.15, -0.1) is 0 Å². The van der Waals surface area contributed by atoms with Crippen LogP contribution >= 0.6 is 0 Å². The third-order valence-electron chi connectivity index (χ3n) is 3.29. The fourth-order valence-electron chi connectivity index (χ4n) is 2.09. The number of hydrogen-bond donors (Lipinski definition) is 3. The maximum absolute atomic E-state index is 12.1. The molecule has 1 aliphatic rings. The van der Waals surface area contributed by atoms with Gasteiger partial charge in [0.1, 0.15) is 0 Å². The molecule has 0 fully saturated rings. The van der Waals surface area contributed by atoms with Gasteiger partial charge in [0.2, 0.25) is 12.7 Å². The number of imide groups is 1. The number of fused-ring (bicyclic) bond motifs is 1. The molecule has 4 N–H and O–H groups in total. The van der Waals surface area contributed by atoms with Gasteiger partial charge in [-0.25, -0.2) is 4.79 Å². The lowest BCUT2D eigenvalue weighted by molar-refractivity contribution is 0.0964. The first-order chi connectivity index (χ1) is 11.5. The third kappa shape index (κ3) is 3.27. The van der Waals surface area contributed by atoms with Gasteiger partial charge < -0.3 is 20.5 Å². The van der Waals surface area contributed by atoms with Crippen LogP contribution in [0.3, 0.4) is 0 Å². The molecule has 24 heavy (non-hydrogen) atoms. The maximum Gasteiger partial charge on any atom is 0.326 e. The highest BCUT2D eigenvalue weighted by atomic mass is 16.7. The first-order valence-electron chi connectivity index (χ1n) is 6.95. The number of hydrogen-bond acceptors (Lipinski definition) is 5. The van der Waals surface area contributed by atoms with E-state index in [2.05, 4.69) is 10.6 Å². The van der Waals surface area contributed by atoms with E-state index < -0.39 is 17.8 Å². The molecule has 0 bridgehead atoms. The number of benzene rings is 2. The summed E-state index contributed by atoms with van der Waals surface area (Å²) in [5.74, 6) is -0.154. The van der Waals surface area contributed by atoms with Crippen LogP contribution in [-0.2, 0) is 0 Å². The van der Waals surface area contributed by atoms with E-state index >= 15 is 0 Å². The van der Waals surface area contributed by atoms with Gasteiger partial charge in [-0.05, 0) is 42.5 Å². The zero-order valence-electron chi connectivity index (χ0n) is 12.4. The Labute approximate surface area is 136 Å². The van der Waals surface area contributed by atoms with Crippen LogP contribution in [0.1, 0.15) is 20.7 Å². The van der Waals surface area contributed by atoms with Crippen molar-refractivity contribution in [3.63, 3.8) is 0 Å². The molecular formula is C16H13N3O5. The minimum absolute atomic E-state index is 0.0994. The monoisotopic (exact) mass is 327 g/mol. The number of carbonyl (C=O) groups excluding carboxylic acids is 3. The Hall–Kier alpha value is -3.55.